The molecule has 2 aromatic rings. The molecule has 0 spiro atoms. The molecule has 0 aliphatic heterocycles. The van der Waals surface area contributed by atoms with E-state index < -0.39 is 11.7 Å². The number of nitrogens with zero attached hydrogens (tertiary/aromatic N) is 1. The van der Waals surface area contributed by atoms with Crippen molar-refractivity contribution in [1.29, 1.82) is 0 Å². The van der Waals surface area contributed by atoms with Crippen molar-refractivity contribution in [2.24, 2.45) is 0 Å². The first-order valence-electron chi connectivity index (χ1n) is 6.24. The van der Waals surface area contributed by atoms with Crippen molar-refractivity contribution in [1.82, 2.24) is 4.98 Å². The maximum absolute atomic E-state index is 12.5. The highest BCUT2D eigenvalue weighted by Gasteiger charge is 2.29. The monoisotopic (exact) mass is 281 g/mol. The van der Waals surface area contributed by atoms with E-state index in [9.17, 15) is 13.2 Å². The highest BCUT2D eigenvalue weighted by molar-refractivity contribution is 5.59. The van der Waals surface area contributed by atoms with Crippen LogP contribution in [-0.2, 0) is 12.6 Å². The summed E-state index contributed by atoms with van der Waals surface area (Å²) < 4.78 is 37.4. The van der Waals surface area contributed by atoms with Crippen LogP contribution in [0.15, 0.2) is 42.6 Å². The standard InChI is InChI=1S/C15H14F3NO/c16-15(17,18)13-6-4-12(5-7-13)14-8-3-11(10-19-14)2-1-9-20/h3-8,10,20H,1-2,9H2. The molecule has 1 N–H and O–H groups in total. The van der Waals surface area contributed by atoms with E-state index in [1.54, 1.807) is 12.3 Å². The molecule has 2 rings (SSSR count). The molecule has 0 amide bonds. The van der Waals surface area contributed by atoms with E-state index in [4.69, 9.17) is 5.11 Å². The van der Waals surface area contributed by atoms with Crippen molar-refractivity contribution in [3.8, 4) is 11.3 Å². The molecule has 0 saturated carbocycles. The van der Waals surface area contributed by atoms with E-state index >= 15 is 0 Å². The summed E-state index contributed by atoms with van der Waals surface area (Å²) in [6, 6.07) is 8.58. The molecule has 0 atom stereocenters. The van der Waals surface area contributed by atoms with Gasteiger partial charge in [-0.2, -0.15) is 13.2 Å². The Kier molecular flexibility index (Phi) is 4.39. The molecule has 0 unspecified atom stereocenters. The Morgan fingerprint density at radius 3 is 2.20 bits per heavy atom. The molecule has 0 radical (unpaired) electrons. The number of aromatic nitrogens is 1. The molecule has 0 bridgehead atoms. The zero-order valence-electron chi connectivity index (χ0n) is 10.7. The minimum Gasteiger partial charge on any atom is -0.396 e. The molecule has 2 nitrogen and oxygen atoms in total. The number of hydrogen-bond donors (Lipinski definition) is 1. The number of aryl methyl sites for hydroxylation is 1. The first-order valence-corrected chi connectivity index (χ1v) is 6.24. The third-order valence-corrected chi connectivity index (χ3v) is 2.96. The van der Waals surface area contributed by atoms with Crippen molar-refractivity contribution in [3.63, 3.8) is 0 Å². The van der Waals surface area contributed by atoms with E-state index in [0.717, 1.165) is 24.1 Å². The molecule has 1 heterocycles. The number of hydrogen-bond acceptors (Lipinski definition) is 2. The average molecular weight is 281 g/mol. The Morgan fingerprint density at radius 1 is 1.00 bits per heavy atom. The number of aliphatic hydroxyl groups excluding tert-OH is 1. The molecule has 0 aliphatic rings. The van der Waals surface area contributed by atoms with Gasteiger partial charge in [-0.25, -0.2) is 0 Å². The number of aliphatic hydroxyl groups is 1. The second-order valence-corrected chi connectivity index (χ2v) is 4.45. The number of rotatable bonds is 4. The van der Waals surface area contributed by atoms with Gasteiger partial charge in [-0.05, 0) is 36.6 Å². The zero-order chi connectivity index (χ0) is 14.6. The summed E-state index contributed by atoms with van der Waals surface area (Å²) in [7, 11) is 0. The van der Waals surface area contributed by atoms with Crippen LogP contribution in [0.5, 0.6) is 0 Å². The molecule has 0 aliphatic carbocycles. The SMILES string of the molecule is OCCCc1ccc(-c2ccc(C(F)(F)F)cc2)nc1. The predicted molar refractivity (Wildman–Crippen MR) is 70.1 cm³/mol. The van der Waals surface area contributed by atoms with Crippen LogP contribution in [0.25, 0.3) is 11.3 Å². The molecule has 1 aromatic heterocycles. The Labute approximate surface area is 114 Å². The van der Waals surface area contributed by atoms with Crippen LogP contribution in [0, 0.1) is 0 Å². The third-order valence-electron chi connectivity index (χ3n) is 2.96. The van der Waals surface area contributed by atoms with Gasteiger partial charge in [0.05, 0.1) is 11.3 Å². The Hall–Kier alpha value is -1.88. The summed E-state index contributed by atoms with van der Waals surface area (Å²) in [5.74, 6) is 0. The van der Waals surface area contributed by atoms with Crippen molar-refractivity contribution in [3.05, 3.63) is 53.7 Å². The topological polar surface area (TPSA) is 33.1 Å². The summed E-state index contributed by atoms with van der Waals surface area (Å²) in [6.45, 7) is 0.126. The van der Waals surface area contributed by atoms with E-state index in [1.807, 2.05) is 6.07 Å². The maximum atomic E-state index is 12.5. The van der Waals surface area contributed by atoms with Crippen LogP contribution in [0.2, 0.25) is 0 Å². The number of halogens is 3. The second-order valence-electron chi connectivity index (χ2n) is 4.45. The minimum atomic E-state index is -4.32. The summed E-state index contributed by atoms with van der Waals surface area (Å²) in [4.78, 5) is 4.23. The predicted octanol–water partition coefficient (Wildman–Crippen LogP) is 3.69. The van der Waals surface area contributed by atoms with Gasteiger partial charge in [0.2, 0.25) is 0 Å². The fourth-order valence-corrected chi connectivity index (χ4v) is 1.86. The van der Waals surface area contributed by atoms with Gasteiger partial charge in [0, 0.05) is 18.4 Å². The van der Waals surface area contributed by atoms with Crippen LogP contribution in [0.1, 0.15) is 17.5 Å². The molecular weight excluding hydrogens is 267 g/mol. The lowest BCUT2D eigenvalue weighted by atomic mass is 10.1. The van der Waals surface area contributed by atoms with Crippen LogP contribution in [0.4, 0.5) is 13.2 Å². The third kappa shape index (κ3) is 3.57. The normalized spacial score (nSPS) is 11.6. The van der Waals surface area contributed by atoms with Crippen molar-refractivity contribution in [2.45, 2.75) is 19.0 Å². The molecule has 5 heteroatoms. The average Bonchev–Trinajstić information content (AvgIpc) is 2.45. The van der Waals surface area contributed by atoms with Gasteiger partial charge in [0.25, 0.3) is 0 Å². The Bertz CT molecular complexity index is 547. The van der Waals surface area contributed by atoms with E-state index in [2.05, 4.69) is 4.98 Å². The zero-order valence-corrected chi connectivity index (χ0v) is 10.7. The van der Waals surface area contributed by atoms with Crippen LogP contribution < -0.4 is 0 Å². The van der Waals surface area contributed by atoms with E-state index in [-0.39, 0.29) is 6.61 Å². The Balaban J connectivity index is 2.15. The van der Waals surface area contributed by atoms with Gasteiger partial charge in [-0.15, -0.1) is 0 Å². The van der Waals surface area contributed by atoms with Gasteiger partial charge >= 0.3 is 6.18 Å². The first kappa shape index (κ1) is 14.5. The highest BCUT2D eigenvalue weighted by atomic mass is 19.4. The first-order chi connectivity index (χ1) is 9.50. The summed E-state index contributed by atoms with van der Waals surface area (Å²) >= 11 is 0. The van der Waals surface area contributed by atoms with Gasteiger partial charge in [-0.1, -0.05) is 18.2 Å². The smallest absolute Gasteiger partial charge is 0.396 e. The molecular formula is C15H14F3NO. The lowest BCUT2D eigenvalue weighted by Crippen LogP contribution is -2.04. The van der Waals surface area contributed by atoms with Crippen molar-refractivity contribution >= 4 is 0 Å². The molecule has 0 saturated heterocycles. The van der Waals surface area contributed by atoms with Gasteiger partial charge in [0.15, 0.2) is 0 Å². The minimum absolute atomic E-state index is 0.126. The highest BCUT2D eigenvalue weighted by Crippen LogP contribution is 2.30. The fraction of sp³-hybridized carbons (Fsp3) is 0.267. The van der Waals surface area contributed by atoms with Crippen LogP contribution >= 0.6 is 0 Å². The molecule has 0 fully saturated rings. The van der Waals surface area contributed by atoms with Crippen molar-refractivity contribution < 1.29 is 18.3 Å². The van der Waals surface area contributed by atoms with Crippen LogP contribution in [-0.4, -0.2) is 16.7 Å². The van der Waals surface area contributed by atoms with E-state index in [0.29, 0.717) is 17.7 Å². The molecule has 20 heavy (non-hydrogen) atoms. The van der Waals surface area contributed by atoms with Crippen molar-refractivity contribution in [2.75, 3.05) is 6.61 Å². The Morgan fingerprint density at radius 2 is 1.70 bits per heavy atom. The lowest BCUT2D eigenvalue weighted by Gasteiger charge is -2.07. The summed E-state index contributed by atoms with van der Waals surface area (Å²) in [5, 5.41) is 8.74. The number of pyridine rings is 1. The van der Waals surface area contributed by atoms with Gasteiger partial charge in [-0.3, -0.25) is 4.98 Å². The fourth-order valence-electron chi connectivity index (χ4n) is 1.86. The molecule has 1 aromatic carbocycles. The quantitative estimate of drug-likeness (QED) is 0.927. The number of benzene rings is 1. The largest absolute Gasteiger partial charge is 0.416 e. The number of alkyl halides is 3. The van der Waals surface area contributed by atoms with E-state index in [1.165, 1.54) is 12.1 Å². The summed E-state index contributed by atoms with van der Waals surface area (Å²) in [5.41, 5.74) is 1.61. The second kappa shape index (κ2) is 6.05. The van der Waals surface area contributed by atoms with Crippen LogP contribution in [0.3, 0.4) is 0 Å². The maximum Gasteiger partial charge on any atom is 0.416 e. The van der Waals surface area contributed by atoms with Gasteiger partial charge in [0.1, 0.15) is 0 Å². The lowest BCUT2D eigenvalue weighted by molar-refractivity contribution is -0.137. The van der Waals surface area contributed by atoms with Gasteiger partial charge < -0.3 is 5.11 Å². The molecule has 106 valence electrons. The summed E-state index contributed by atoms with van der Waals surface area (Å²) in [6.07, 6.45) is -1.24.